The zero-order valence-electron chi connectivity index (χ0n) is 16.7. The van der Waals surface area contributed by atoms with Crippen molar-refractivity contribution in [1.82, 2.24) is 4.98 Å². The number of hydrogen-bond donors (Lipinski definition) is 4. The topological polar surface area (TPSA) is 152 Å². The third-order valence-corrected chi connectivity index (χ3v) is 5.49. The number of ether oxygens (including phenoxy) is 2. The van der Waals surface area contributed by atoms with E-state index in [0.717, 1.165) is 0 Å². The van der Waals surface area contributed by atoms with Crippen molar-refractivity contribution in [2.24, 2.45) is 0 Å². The van der Waals surface area contributed by atoms with Gasteiger partial charge in [-0.2, -0.15) is 0 Å². The first-order valence-corrected chi connectivity index (χ1v) is 10.2. The van der Waals surface area contributed by atoms with E-state index in [2.05, 4.69) is 0 Å². The Morgan fingerprint density at radius 1 is 1.00 bits per heavy atom. The number of nitrogens with one attached hydrogen (secondary N) is 1. The summed E-state index contributed by atoms with van der Waals surface area (Å²) in [6.45, 7) is 0.0146. The van der Waals surface area contributed by atoms with Gasteiger partial charge in [0.15, 0.2) is 11.5 Å². The Morgan fingerprint density at radius 3 is 2.24 bits per heavy atom. The van der Waals surface area contributed by atoms with Crippen LogP contribution in [0.15, 0.2) is 35.1 Å². The molecule has 0 bridgehead atoms. The SMILES string of the molecule is COc1cc(-c2c(C(=O)O)c(N)[nH]c(=O)c2C(=O)O)c(Cl)cc1OCc1ccc(Cl)cc1Cl. The molecular formula is C21H15Cl3N2O7. The number of aromatic amines is 1. The molecule has 0 fully saturated rings. The smallest absolute Gasteiger partial charge is 0.342 e. The summed E-state index contributed by atoms with van der Waals surface area (Å²) in [7, 11) is 1.32. The number of pyridine rings is 1. The number of carboxylic acid groups (broad SMARTS) is 2. The second kappa shape index (κ2) is 9.62. The van der Waals surface area contributed by atoms with Crippen LogP contribution in [0.5, 0.6) is 11.5 Å². The van der Waals surface area contributed by atoms with Crippen molar-refractivity contribution in [2.75, 3.05) is 12.8 Å². The summed E-state index contributed by atoms with van der Waals surface area (Å²) in [6, 6.07) is 7.41. The van der Waals surface area contributed by atoms with Crippen molar-refractivity contribution in [3.05, 3.63) is 72.4 Å². The minimum Gasteiger partial charge on any atom is -0.493 e. The van der Waals surface area contributed by atoms with Gasteiger partial charge in [0.1, 0.15) is 23.6 Å². The van der Waals surface area contributed by atoms with E-state index >= 15 is 0 Å². The van der Waals surface area contributed by atoms with Crippen molar-refractivity contribution in [3.8, 4) is 22.6 Å². The van der Waals surface area contributed by atoms with Crippen LogP contribution in [0.25, 0.3) is 11.1 Å². The van der Waals surface area contributed by atoms with Crippen molar-refractivity contribution in [3.63, 3.8) is 0 Å². The Bertz CT molecular complexity index is 1340. The van der Waals surface area contributed by atoms with E-state index in [-0.39, 0.29) is 28.7 Å². The third kappa shape index (κ3) is 4.85. The number of hydrogen-bond acceptors (Lipinski definition) is 6. The molecule has 3 rings (SSSR count). The maximum atomic E-state index is 12.3. The Hall–Kier alpha value is -3.40. The van der Waals surface area contributed by atoms with E-state index < -0.39 is 40.0 Å². The van der Waals surface area contributed by atoms with Crippen LogP contribution in [0.4, 0.5) is 5.82 Å². The van der Waals surface area contributed by atoms with Gasteiger partial charge in [0.05, 0.1) is 12.1 Å². The van der Waals surface area contributed by atoms with Gasteiger partial charge in [-0.05, 0) is 18.2 Å². The fourth-order valence-corrected chi connectivity index (χ4v) is 3.82. The molecule has 2 aromatic carbocycles. The van der Waals surface area contributed by atoms with Gasteiger partial charge in [0.2, 0.25) is 0 Å². The molecule has 5 N–H and O–H groups in total. The Labute approximate surface area is 201 Å². The zero-order chi connectivity index (χ0) is 24.4. The van der Waals surface area contributed by atoms with E-state index in [1.807, 2.05) is 4.98 Å². The van der Waals surface area contributed by atoms with Gasteiger partial charge in [-0.25, -0.2) is 9.59 Å². The number of nitrogens with two attached hydrogens (primary N) is 1. The molecule has 12 heteroatoms. The molecule has 9 nitrogen and oxygen atoms in total. The van der Waals surface area contributed by atoms with Crippen molar-refractivity contribution in [2.45, 2.75) is 6.61 Å². The van der Waals surface area contributed by atoms with Gasteiger partial charge < -0.3 is 30.4 Å². The van der Waals surface area contributed by atoms with E-state index in [4.69, 9.17) is 50.0 Å². The zero-order valence-corrected chi connectivity index (χ0v) is 19.0. The minimum absolute atomic E-state index is 0.0146. The first-order valence-electron chi connectivity index (χ1n) is 9.02. The number of benzene rings is 2. The quantitative estimate of drug-likeness (QED) is 0.358. The minimum atomic E-state index is -1.67. The monoisotopic (exact) mass is 512 g/mol. The molecule has 0 spiro atoms. The molecule has 0 atom stereocenters. The predicted octanol–water partition coefficient (Wildman–Crippen LogP) is 4.57. The normalized spacial score (nSPS) is 10.7. The number of H-pyrrole nitrogens is 1. The molecule has 0 aliphatic carbocycles. The van der Waals surface area contributed by atoms with E-state index in [1.165, 1.54) is 19.2 Å². The number of aromatic carboxylic acids is 2. The van der Waals surface area contributed by atoms with Crippen molar-refractivity contribution >= 4 is 52.6 Å². The van der Waals surface area contributed by atoms with Crippen LogP contribution < -0.4 is 20.8 Å². The van der Waals surface area contributed by atoms with Gasteiger partial charge in [-0.3, -0.25) is 4.79 Å². The van der Waals surface area contributed by atoms with Gasteiger partial charge in [-0.1, -0.05) is 40.9 Å². The molecule has 0 amide bonds. The van der Waals surface area contributed by atoms with E-state index in [1.54, 1.807) is 18.2 Å². The highest BCUT2D eigenvalue weighted by Gasteiger charge is 2.29. The largest absolute Gasteiger partial charge is 0.493 e. The summed E-state index contributed by atoms with van der Waals surface area (Å²) in [4.78, 5) is 37.9. The average molecular weight is 514 g/mol. The summed E-state index contributed by atoms with van der Waals surface area (Å²) in [6.07, 6.45) is 0. The molecule has 1 heterocycles. The summed E-state index contributed by atoms with van der Waals surface area (Å²) >= 11 is 18.4. The van der Waals surface area contributed by atoms with Crippen LogP contribution in [-0.4, -0.2) is 34.2 Å². The number of rotatable bonds is 7. The highest BCUT2D eigenvalue weighted by Crippen LogP contribution is 2.41. The fourth-order valence-electron chi connectivity index (χ4n) is 3.11. The predicted molar refractivity (Wildman–Crippen MR) is 123 cm³/mol. The van der Waals surface area contributed by atoms with Gasteiger partial charge in [-0.15, -0.1) is 0 Å². The second-order valence-corrected chi connectivity index (χ2v) is 7.86. The van der Waals surface area contributed by atoms with Crippen molar-refractivity contribution < 1.29 is 29.3 Å². The van der Waals surface area contributed by atoms with Gasteiger partial charge in [0.25, 0.3) is 5.56 Å². The molecule has 0 saturated heterocycles. The number of methoxy groups -OCH3 is 1. The van der Waals surface area contributed by atoms with E-state index in [9.17, 15) is 24.6 Å². The lowest BCUT2D eigenvalue weighted by atomic mass is 9.95. The molecule has 0 unspecified atom stereocenters. The van der Waals surface area contributed by atoms with Crippen LogP contribution >= 0.6 is 34.8 Å². The van der Waals surface area contributed by atoms with Crippen molar-refractivity contribution in [1.29, 1.82) is 0 Å². The lowest BCUT2D eigenvalue weighted by molar-refractivity contribution is 0.0695. The maximum Gasteiger partial charge on any atom is 0.342 e. The maximum absolute atomic E-state index is 12.3. The summed E-state index contributed by atoms with van der Waals surface area (Å²) in [5, 5.41) is 19.9. The molecule has 0 radical (unpaired) electrons. The highest BCUT2D eigenvalue weighted by atomic mass is 35.5. The first kappa shape index (κ1) is 24.2. The van der Waals surface area contributed by atoms with Gasteiger partial charge >= 0.3 is 11.9 Å². The number of nitrogen functional groups attached to an aromatic ring is 1. The average Bonchev–Trinajstić information content (AvgIpc) is 2.72. The number of halogens is 3. The second-order valence-electron chi connectivity index (χ2n) is 6.61. The first-order chi connectivity index (χ1) is 15.5. The molecule has 0 saturated carbocycles. The van der Waals surface area contributed by atoms with Crippen LogP contribution in [0.3, 0.4) is 0 Å². The lowest BCUT2D eigenvalue weighted by Gasteiger charge is -2.17. The molecule has 1 aromatic heterocycles. The summed E-state index contributed by atoms with van der Waals surface area (Å²) in [5.41, 5.74) is 3.16. The molecule has 0 aliphatic heterocycles. The molecule has 0 aliphatic rings. The number of carboxylic acids is 2. The number of aromatic nitrogens is 1. The lowest BCUT2D eigenvalue weighted by Crippen LogP contribution is -2.24. The standard InChI is InChI=1S/C21H15Cl3N2O7/c1-32-13-5-10(15-16(20(28)29)18(25)26-19(27)17(15)21(30)31)12(24)6-14(13)33-7-8-2-3-9(22)4-11(8)23/h2-6H,7H2,1H3,(H,28,29)(H,30,31)(H3,25,26,27). The Morgan fingerprint density at radius 2 is 1.67 bits per heavy atom. The highest BCUT2D eigenvalue weighted by molar-refractivity contribution is 6.35. The molecule has 3 aromatic rings. The fraction of sp³-hybridized carbons (Fsp3) is 0.0952. The van der Waals surface area contributed by atoms with E-state index in [0.29, 0.717) is 15.6 Å². The number of anilines is 1. The summed E-state index contributed by atoms with van der Waals surface area (Å²) in [5.74, 6) is -3.51. The van der Waals surface area contributed by atoms with Crippen LogP contribution in [0, 0.1) is 0 Å². The molecule has 33 heavy (non-hydrogen) atoms. The molecule has 172 valence electrons. The van der Waals surface area contributed by atoms with Crippen LogP contribution in [0.1, 0.15) is 26.3 Å². The van der Waals surface area contributed by atoms with Crippen LogP contribution in [0.2, 0.25) is 15.1 Å². The van der Waals surface area contributed by atoms with Gasteiger partial charge in [0, 0.05) is 32.8 Å². The Kier molecular flexibility index (Phi) is 7.06. The Balaban J connectivity index is 2.16. The number of carbonyl (C=O) groups is 2. The molecular weight excluding hydrogens is 499 g/mol. The third-order valence-electron chi connectivity index (χ3n) is 4.59. The summed E-state index contributed by atoms with van der Waals surface area (Å²) < 4.78 is 11.1. The van der Waals surface area contributed by atoms with Crippen LogP contribution in [-0.2, 0) is 6.61 Å².